The summed E-state index contributed by atoms with van der Waals surface area (Å²) in [7, 11) is 1.55. The van der Waals surface area contributed by atoms with Gasteiger partial charge in [0.1, 0.15) is 11.3 Å². The van der Waals surface area contributed by atoms with E-state index in [0.717, 1.165) is 12.8 Å². The third-order valence-electron chi connectivity index (χ3n) is 5.73. The predicted molar refractivity (Wildman–Crippen MR) is 126 cm³/mol. The summed E-state index contributed by atoms with van der Waals surface area (Å²) in [5.74, 6) is -0.776. The molecule has 0 atom stereocenters. The molecule has 1 heterocycles. The first-order valence-corrected chi connectivity index (χ1v) is 11.8. The van der Waals surface area contributed by atoms with Crippen LogP contribution in [0, 0.1) is 0 Å². The van der Waals surface area contributed by atoms with Crippen molar-refractivity contribution in [3.8, 4) is 5.75 Å². The second-order valence-corrected chi connectivity index (χ2v) is 8.23. The minimum absolute atomic E-state index is 0.0458. The predicted octanol–water partition coefficient (Wildman–Crippen LogP) is 5.83. The highest BCUT2D eigenvalue weighted by Crippen LogP contribution is 2.33. The fourth-order valence-electron chi connectivity index (χ4n) is 3.72. The first-order chi connectivity index (χ1) is 15.5. The van der Waals surface area contributed by atoms with Crippen molar-refractivity contribution >= 4 is 17.4 Å². The van der Waals surface area contributed by atoms with Crippen molar-refractivity contribution in [1.29, 1.82) is 0 Å². The second kappa shape index (κ2) is 13.6. The topological polar surface area (TPSA) is 84.9 Å². The first-order valence-electron chi connectivity index (χ1n) is 11.8. The van der Waals surface area contributed by atoms with Crippen LogP contribution >= 0.6 is 0 Å². The molecule has 0 bridgehead atoms. The van der Waals surface area contributed by atoms with E-state index in [9.17, 15) is 14.7 Å². The number of aliphatic hydroxyl groups is 1. The van der Waals surface area contributed by atoms with Crippen LogP contribution < -0.4 is 10.1 Å². The maximum Gasteiger partial charge on any atom is 0.348 e. The molecule has 0 fully saturated rings. The smallest absolute Gasteiger partial charge is 0.348 e. The molecular formula is C26H37NO5. The van der Waals surface area contributed by atoms with Crippen LogP contribution in [0.1, 0.15) is 83.6 Å². The Morgan fingerprint density at radius 1 is 0.969 bits per heavy atom. The molecule has 2 rings (SSSR count). The molecule has 1 aromatic rings. The molecule has 0 radical (unpaired) electrons. The van der Waals surface area contributed by atoms with E-state index in [1.807, 2.05) is 0 Å². The number of nitrogens with one attached hydrogen (secondary N) is 1. The van der Waals surface area contributed by atoms with E-state index >= 15 is 0 Å². The maximum atomic E-state index is 12.5. The Labute approximate surface area is 191 Å². The van der Waals surface area contributed by atoms with Crippen molar-refractivity contribution in [2.75, 3.05) is 13.7 Å². The fraction of sp³-hybridized carbons (Fsp3) is 0.538. The number of aliphatic hydroxyl groups excluding tert-OH is 1. The molecule has 176 valence electrons. The van der Waals surface area contributed by atoms with Crippen molar-refractivity contribution in [2.24, 2.45) is 0 Å². The van der Waals surface area contributed by atoms with Crippen molar-refractivity contribution in [3.63, 3.8) is 0 Å². The third-order valence-corrected chi connectivity index (χ3v) is 5.73. The summed E-state index contributed by atoms with van der Waals surface area (Å²) in [5, 5.41) is 13.4. The van der Waals surface area contributed by atoms with Crippen molar-refractivity contribution < 1.29 is 24.2 Å². The van der Waals surface area contributed by atoms with E-state index in [-0.39, 0.29) is 28.6 Å². The number of hydrogen-bond acceptors (Lipinski definition) is 5. The lowest BCUT2D eigenvalue weighted by atomic mass is 10.0. The van der Waals surface area contributed by atoms with Crippen LogP contribution in [-0.4, -0.2) is 30.6 Å². The van der Waals surface area contributed by atoms with E-state index < -0.39 is 5.97 Å². The minimum atomic E-state index is -0.676. The van der Waals surface area contributed by atoms with Gasteiger partial charge in [-0.3, -0.25) is 4.79 Å². The lowest BCUT2D eigenvalue weighted by molar-refractivity contribution is -0.131. The van der Waals surface area contributed by atoms with Gasteiger partial charge in [-0.2, -0.15) is 0 Å². The summed E-state index contributed by atoms with van der Waals surface area (Å²) in [6.07, 6.45) is 12.3. The Morgan fingerprint density at radius 3 is 2.09 bits per heavy atom. The largest absolute Gasteiger partial charge is 0.504 e. The van der Waals surface area contributed by atoms with E-state index in [2.05, 4.69) is 12.2 Å². The van der Waals surface area contributed by atoms with Crippen LogP contribution in [0.25, 0.3) is 5.57 Å². The number of cyclic esters (lactones) is 1. The SMILES string of the molecule is CCCCCCCCCCCCNC(=O)/C(C)=C1/OC(=O)C(c2ccc(OC)cc2)=C1O. The molecule has 1 aliphatic heterocycles. The van der Waals surface area contributed by atoms with E-state index in [1.54, 1.807) is 38.3 Å². The van der Waals surface area contributed by atoms with Crippen molar-refractivity contribution in [2.45, 2.75) is 78.1 Å². The van der Waals surface area contributed by atoms with Gasteiger partial charge in [-0.25, -0.2) is 4.79 Å². The number of hydrogen-bond donors (Lipinski definition) is 2. The molecule has 1 amide bonds. The molecule has 0 saturated heterocycles. The Balaban J connectivity index is 1.79. The summed E-state index contributed by atoms with van der Waals surface area (Å²) in [5.41, 5.74) is 0.734. The lowest BCUT2D eigenvalue weighted by Gasteiger charge is -2.08. The molecule has 32 heavy (non-hydrogen) atoms. The number of carbonyl (C=O) groups is 2. The van der Waals surface area contributed by atoms with E-state index in [0.29, 0.717) is 17.9 Å². The second-order valence-electron chi connectivity index (χ2n) is 8.23. The van der Waals surface area contributed by atoms with Crippen molar-refractivity contribution in [3.05, 3.63) is 46.9 Å². The minimum Gasteiger partial charge on any atom is -0.504 e. The highest BCUT2D eigenvalue weighted by molar-refractivity contribution is 6.21. The molecule has 0 aliphatic carbocycles. The number of carbonyl (C=O) groups excluding carboxylic acids is 2. The highest BCUT2D eigenvalue weighted by Gasteiger charge is 2.33. The van der Waals surface area contributed by atoms with Gasteiger partial charge in [0.25, 0.3) is 5.91 Å². The standard InChI is InChI=1S/C26H37NO5/c1-4-5-6-7-8-9-10-11-12-13-18-27-25(29)19(2)24-23(28)22(26(30)32-24)20-14-16-21(31-3)17-15-20/h14-17,28H,4-13,18H2,1-3H3,(H,27,29)/b24-19+. The number of unbranched alkanes of at least 4 members (excludes halogenated alkanes) is 9. The number of methoxy groups -OCH3 is 1. The summed E-state index contributed by atoms with van der Waals surface area (Å²) in [4.78, 5) is 24.8. The van der Waals surface area contributed by atoms with Crippen LogP contribution in [0.4, 0.5) is 0 Å². The van der Waals surface area contributed by atoms with Gasteiger partial charge in [-0.05, 0) is 31.0 Å². The Bertz CT molecular complexity index is 823. The number of benzene rings is 1. The van der Waals surface area contributed by atoms with Gasteiger partial charge >= 0.3 is 5.97 Å². The van der Waals surface area contributed by atoms with E-state index in [1.165, 1.54) is 51.4 Å². The normalized spacial score (nSPS) is 15.0. The van der Waals surface area contributed by atoms with Crippen LogP contribution in [0.2, 0.25) is 0 Å². The average molecular weight is 444 g/mol. The lowest BCUT2D eigenvalue weighted by Crippen LogP contribution is -2.26. The summed E-state index contributed by atoms with van der Waals surface area (Å²) in [6, 6.07) is 6.71. The monoisotopic (exact) mass is 443 g/mol. The zero-order chi connectivity index (χ0) is 23.3. The van der Waals surface area contributed by atoms with Gasteiger partial charge in [0.05, 0.1) is 12.7 Å². The summed E-state index contributed by atoms with van der Waals surface area (Å²) >= 11 is 0. The van der Waals surface area contributed by atoms with Crippen LogP contribution in [-0.2, 0) is 14.3 Å². The fourth-order valence-corrected chi connectivity index (χ4v) is 3.72. The molecule has 0 saturated carbocycles. The first kappa shape index (κ1) is 25.5. The van der Waals surface area contributed by atoms with Crippen LogP contribution in [0.15, 0.2) is 41.4 Å². The average Bonchev–Trinajstić information content (AvgIpc) is 3.10. The van der Waals surface area contributed by atoms with Gasteiger partial charge in [0.2, 0.25) is 0 Å². The molecule has 1 aliphatic rings. The molecular weight excluding hydrogens is 406 g/mol. The molecule has 6 heteroatoms. The van der Waals surface area contributed by atoms with Gasteiger partial charge < -0.3 is 19.9 Å². The Morgan fingerprint density at radius 2 is 1.53 bits per heavy atom. The number of amides is 1. The number of esters is 1. The molecule has 2 N–H and O–H groups in total. The summed E-state index contributed by atoms with van der Waals surface area (Å²) in [6.45, 7) is 4.34. The number of ether oxygens (including phenoxy) is 2. The maximum absolute atomic E-state index is 12.5. The third kappa shape index (κ3) is 7.43. The Kier molecular flexibility index (Phi) is 10.8. The zero-order valence-electron chi connectivity index (χ0n) is 19.7. The van der Waals surface area contributed by atoms with Crippen LogP contribution in [0.5, 0.6) is 5.75 Å². The van der Waals surface area contributed by atoms with Gasteiger partial charge in [-0.1, -0.05) is 76.8 Å². The number of rotatable bonds is 14. The molecule has 0 spiro atoms. The molecule has 0 unspecified atom stereocenters. The highest BCUT2D eigenvalue weighted by atomic mass is 16.6. The van der Waals surface area contributed by atoms with Gasteiger partial charge in [-0.15, -0.1) is 0 Å². The quantitative estimate of drug-likeness (QED) is 0.215. The summed E-state index contributed by atoms with van der Waals surface area (Å²) < 4.78 is 10.3. The van der Waals surface area contributed by atoms with Gasteiger partial charge in [0, 0.05) is 6.54 Å². The zero-order valence-corrected chi connectivity index (χ0v) is 19.7. The molecule has 0 aromatic heterocycles. The van der Waals surface area contributed by atoms with Crippen molar-refractivity contribution in [1.82, 2.24) is 5.32 Å². The molecule has 6 nitrogen and oxygen atoms in total. The van der Waals surface area contributed by atoms with Gasteiger partial charge in [0.15, 0.2) is 11.5 Å². The van der Waals surface area contributed by atoms with Crippen LogP contribution in [0.3, 0.4) is 0 Å². The Hall–Kier alpha value is -2.76. The van der Waals surface area contributed by atoms with E-state index in [4.69, 9.17) is 9.47 Å². The molecule has 1 aromatic carbocycles.